The zero-order valence-corrected chi connectivity index (χ0v) is 25.0. The highest BCUT2D eigenvalue weighted by Gasteiger charge is 2.22. The Kier molecular flexibility index (Phi) is 6.14. The number of para-hydroxylation sites is 4. The van der Waals surface area contributed by atoms with E-state index in [0.29, 0.717) is 0 Å². The number of anilines is 3. The Hall–Kier alpha value is -6.19. The molecule has 9 aromatic rings. The van der Waals surface area contributed by atoms with Gasteiger partial charge in [0.2, 0.25) is 0 Å². The van der Waals surface area contributed by atoms with Crippen LogP contribution in [0.3, 0.4) is 0 Å². The standard InChI is InChI=1S/C43H28N2O/c1-2-13-29(14-3-1)32-15-7-10-23-40(32)45(43-38-19-5-4-16-34(38)35-17-6-9-22-39(35)44-43)31-27-25-30(26-28-31)33-20-12-21-37-36-18-8-11-24-41(36)46-42(33)37/h1-28H. The number of pyridine rings is 1. The molecule has 3 heteroatoms. The summed E-state index contributed by atoms with van der Waals surface area (Å²) in [4.78, 5) is 7.66. The molecular weight excluding hydrogens is 560 g/mol. The lowest BCUT2D eigenvalue weighted by atomic mass is 9.99. The van der Waals surface area contributed by atoms with Crippen LogP contribution in [0.1, 0.15) is 0 Å². The van der Waals surface area contributed by atoms with Gasteiger partial charge in [-0.15, -0.1) is 0 Å². The molecule has 9 rings (SSSR count). The minimum Gasteiger partial charge on any atom is -0.455 e. The molecule has 46 heavy (non-hydrogen) atoms. The van der Waals surface area contributed by atoms with Crippen LogP contribution in [-0.4, -0.2) is 4.98 Å². The molecule has 0 N–H and O–H groups in total. The predicted molar refractivity (Wildman–Crippen MR) is 192 cm³/mol. The van der Waals surface area contributed by atoms with Crippen LogP contribution < -0.4 is 4.90 Å². The lowest BCUT2D eigenvalue weighted by molar-refractivity contribution is 0.670. The van der Waals surface area contributed by atoms with Crippen molar-refractivity contribution in [1.82, 2.24) is 4.98 Å². The largest absolute Gasteiger partial charge is 0.455 e. The van der Waals surface area contributed by atoms with Crippen LogP contribution in [0.4, 0.5) is 17.2 Å². The van der Waals surface area contributed by atoms with Crippen LogP contribution in [0.2, 0.25) is 0 Å². The summed E-state index contributed by atoms with van der Waals surface area (Å²) < 4.78 is 6.39. The summed E-state index contributed by atoms with van der Waals surface area (Å²) in [5.41, 5.74) is 9.33. The van der Waals surface area contributed by atoms with Gasteiger partial charge in [0.25, 0.3) is 0 Å². The summed E-state index contributed by atoms with van der Waals surface area (Å²) in [6.45, 7) is 0. The molecule has 0 bridgehead atoms. The monoisotopic (exact) mass is 588 g/mol. The van der Waals surface area contributed by atoms with E-state index in [9.17, 15) is 0 Å². The van der Waals surface area contributed by atoms with E-state index in [2.05, 4.69) is 163 Å². The first-order chi connectivity index (χ1) is 22.8. The number of benzene rings is 7. The molecular formula is C43H28N2O. The minimum absolute atomic E-state index is 0.893. The Labute approximate surface area is 266 Å². The van der Waals surface area contributed by atoms with Crippen LogP contribution in [0.25, 0.3) is 65.9 Å². The lowest BCUT2D eigenvalue weighted by Gasteiger charge is -2.28. The van der Waals surface area contributed by atoms with Crippen molar-refractivity contribution in [1.29, 1.82) is 0 Å². The second kappa shape index (κ2) is 10.8. The SMILES string of the molecule is c1ccc(-c2ccccc2N(c2ccc(-c3cccc4c3oc3ccccc34)cc2)c2nc3ccccc3c3ccccc23)cc1. The number of hydrogen-bond donors (Lipinski definition) is 0. The molecule has 0 radical (unpaired) electrons. The Morgan fingerprint density at radius 3 is 1.87 bits per heavy atom. The molecule has 7 aromatic carbocycles. The highest BCUT2D eigenvalue weighted by molar-refractivity contribution is 6.12. The Morgan fingerprint density at radius 2 is 1.02 bits per heavy atom. The van der Waals surface area contributed by atoms with Crippen molar-refractivity contribution >= 4 is 60.8 Å². The van der Waals surface area contributed by atoms with Crippen molar-refractivity contribution in [3.05, 3.63) is 170 Å². The quantitative estimate of drug-likeness (QED) is 0.187. The van der Waals surface area contributed by atoms with E-state index in [-0.39, 0.29) is 0 Å². The molecule has 0 aliphatic carbocycles. The molecule has 3 nitrogen and oxygen atoms in total. The fourth-order valence-electron chi connectivity index (χ4n) is 6.73. The molecule has 216 valence electrons. The van der Waals surface area contributed by atoms with Crippen LogP contribution in [0, 0.1) is 0 Å². The molecule has 0 amide bonds. The van der Waals surface area contributed by atoms with E-state index in [1.165, 1.54) is 5.39 Å². The molecule has 2 aromatic heterocycles. The molecule has 0 atom stereocenters. The second-order valence-electron chi connectivity index (χ2n) is 11.5. The van der Waals surface area contributed by atoms with Gasteiger partial charge in [-0.05, 0) is 46.8 Å². The van der Waals surface area contributed by atoms with Gasteiger partial charge in [0.15, 0.2) is 0 Å². The third-order valence-corrected chi connectivity index (χ3v) is 8.87. The van der Waals surface area contributed by atoms with E-state index >= 15 is 0 Å². The normalized spacial score (nSPS) is 11.5. The van der Waals surface area contributed by atoms with Crippen molar-refractivity contribution in [2.45, 2.75) is 0 Å². The van der Waals surface area contributed by atoms with Gasteiger partial charge in [0, 0.05) is 38.4 Å². The Balaban J connectivity index is 1.27. The fraction of sp³-hybridized carbons (Fsp3) is 0. The van der Waals surface area contributed by atoms with Crippen LogP contribution >= 0.6 is 0 Å². The van der Waals surface area contributed by atoms with Crippen molar-refractivity contribution in [3.8, 4) is 22.3 Å². The topological polar surface area (TPSA) is 29.3 Å². The molecule has 0 aliphatic rings. The van der Waals surface area contributed by atoms with Crippen molar-refractivity contribution < 1.29 is 4.42 Å². The van der Waals surface area contributed by atoms with Crippen LogP contribution in [-0.2, 0) is 0 Å². The van der Waals surface area contributed by atoms with E-state index in [0.717, 1.165) is 77.7 Å². The van der Waals surface area contributed by atoms with Gasteiger partial charge in [-0.1, -0.05) is 140 Å². The van der Waals surface area contributed by atoms with Crippen molar-refractivity contribution in [2.75, 3.05) is 4.90 Å². The zero-order chi connectivity index (χ0) is 30.5. The van der Waals surface area contributed by atoms with E-state index in [4.69, 9.17) is 9.40 Å². The average molecular weight is 589 g/mol. The third-order valence-electron chi connectivity index (χ3n) is 8.87. The van der Waals surface area contributed by atoms with Crippen molar-refractivity contribution in [3.63, 3.8) is 0 Å². The molecule has 0 saturated heterocycles. The highest BCUT2D eigenvalue weighted by atomic mass is 16.3. The van der Waals surface area contributed by atoms with Crippen LogP contribution in [0.5, 0.6) is 0 Å². The average Bonchev–Trinajstić information content (AvgIpc) is 3.52. The number of fused-ring (bicyclic) bond motifs is 6. The van der Waals surface area contributed by atoms with E-state index in [1.54, 1.807) is 0 Å². The maximum Gasteiger partial charge on any atom is 0.146 e. The number of hydrogen-bond acceptors (Lipinski definition) is 3. The second-order valence-corrected chi connectivity index (χ2v) is 11.5. The van der Waals surface area contributed by atoms with Gasteiger partial charge < -0.3 is 4.42 Å². The van der Waals surface area contributed by atoms with Gasteiger partial charge >= 0.3 is 0 Å². The molecule has 0 saturated carbocycles. The highest BCUT2D eigenvalue weighted by Crippen LogP contribution is 2.44. The summed E-state index contributed by atoms with van der Waals surface area (Å²) in [6.07, 6.45) is 0. The van der Waals surface area contributed by atoms with E-state index < -0.39 is 0 Å². The van der Waals surface area contributed by atoms with Gasteiger partial charge in [0.1, 0.15) is 17.0 Å². The van der Waals surface area contributed by atoms with Gasteiger partial charge in [-0.25, -0.2) is 4.98 Å². The van der Waals surface area contributed by atoms with Gasteiger partial charge in [-0.2, -0.15) is 0 Å². The first-order valence-electron chi connectivity index (χ1n) is 15.6. The zero-order valence-electron chi connectivity index (χ0n) is 25.0. The number of aromatic nitrogens is 1. The summed E-state index contributed by atoms with van der Waals surface area (Å²) in [5.74, 6) is 0.893. The Morgan fingerprint density at radius 1 is 0.413 bits per heavy atom. The molecule has 0 unspecified atom stereocenters. The third kappa shape index (κ3) is 4.25. The Bertz CT molecular complexity index is 2530. The van der Waals surface area contributed by atoms with Crippen LogP contribution in [0.15, 0.2) is 174 Å². The number of rotatable bonds is 5. The number of nitrogens with zero attached hydrogens (tertiary/aromatic N) is 2. The first kappa shape index (κ1) is 26.2. The van der Waals surface area contributed by atoms with Crippen molar-refractivity contribution in [2.24, 2.45) is 0 Å². The smallest absolute Gasteiger partial charge is 0.146 e. The summed E-state index contributed by atoms with van der Waals surface area (Å²) in [7, 11) is 0. The van der Waals surface area contributed by atoms with Gasteiger partial charge in [0.05, 0.1) is 11.2 Å². The first-order valence-corrected chi connectivity index (χ1v) is 15.6. The maximum atomic E-state index is 6.39. The predicted octanol–water partition coefficient (Wildman–Crippen LogP) is 12.1. The maximum absolute atomic E-state index is 6.39. The molecule has 0 fully saturated rings. The van der Waals surface area contributed by atoms with Gasteiger partial charge in [-0.3, -0.25) is 4.90 Å². The lowest BCUT2D eigenvalue weighted by Crippen LogP contribution is -2.13. The summed E-state index contributed by atoms with van der Waals surface area (Å²) in [6, 6.07) is 59.6. The number of furan rings is 1. The molecule has 0 aliphatic heterocycles. The summed E-state index contributed by atoms with van der Waals surface area (Å²) >= 11 is 0. The van der Waals surface area contributed by atoms with E-state index in [1.807, 2.05) is 12.1 Å². The fourth-order valence-corrected chi connectivity index (χ4v) is 6.73. The minimum atomic E-state index is 0.893. The molecule has 2 heterocycles. The molecule has 0 spiro atoms. The summed E-state index contributed by atoms with van der Waals surface area (Å²) in [5, 5.41) is 5.68.